The molecule has 1 aromatic rings. The first kappa shape index (κ1) is 10.5. The highest BCUT2D eigenvalue weighted by Crippen LogP contribution is 2.35. The molecule has 72 valence electrons. The monoisotopic (exact) mass is 256 g/mol. The summed E-state index contributed by atoms with van der Waals surface area (Å²) in [6.07, 6.45) is 0.101. The van der Waals surface area contributed by atoms with Crippen LogP contribution in [0.1, 0.15) is 5.56 Å². The molecule has 0 aromatic heterocycles. The summed E-state index contributed by atoms with van der Waals surface area (Å²) < 4.78 is 0.174. The van der Waals surface area contributed by atoms with Crippen LogP contribution in [0.5, 0.6) is 5.75 Å². The van der Waals surface area contributed by atoms with Crippen LogP contribution >= 0.6 is 15.9 Å². The van der Waals surface area contributed by atoms with E-state index < -0.39 is 10.7 Å². The Kier molecular flexibility index (Phi) is 3.04. The number of hydrogen-bond donors (Lipinski definition) is 1. The minimum Gasteiger partial charge on any atom is -0.502 e. The number of rotatable bonds is 2. The molecule has 0 aliphatic carbocycles. The van der Waals surface area contributed by atoms with Gasteiger partial charge >= 0.3 is 5.69 Å². The Hall–Kier alpha value is -1.61. The molecule has 0 heterocycles. The number of aromatic hydroxyl groups is 1. The molecule has 0 atom stereocenters. The molecule has 0 aliphatic heterocycles. The Morgan fingerprint density at radius 3 is 2.71 bits per heavy atom. The van der Waals surface area contributed by atoms with Crippen molar-refractivity contribution in [2.45, 2.75) is 6.42 Å². The number of phenols is 1. The second kappa shape index (κ2) is 4.07. The van der Waals surface area contributed by atoms with Crippen molar-refractivity contribution in [3.05, 3.63) is 32.3 Å². The van der Waals surface area contributed by atoms with Gasteiger partial charge in [-0.2, -0.15) is 5.26 Å². The van der Waals surface area contributed by atoms with Crippen LogP contribution in [0, 0.1) is 21.4 Å². The Morgan fingerprint density at radius 2 is 2.29 bits per heavy atom. The van der Waals surface area contributed by atoms with E-state index in [0.29, 0.717) is 5.56 Å². The summed E-state index contributed by atoms with van der Waals surface area (Å²) in [4.78, 5) is 9.78. The number of nitriles is 1. The largest absolute Gasteiger partial charge is 0.502 e. The standard InChI is InChI=1S/C8H5BrN2O3/c9-6-3-5(1-2-10)4-7(12)8(6)11(13)14/h3-4,12H,1H2. The normalized spacial score (nSPS) is 9.43. The van der Waals surface area contributed by atoms with Gasteiger partial charge in [-0.15, -0.1) is 0 Å². The molecule has 1 aromatic carbocycles. The molecule has 0 amide bonds. The zero-order valence-corrected chi connectivity index (χ0v) is 8.48. The summed E-state index contributed by atoms with van der Waals surface area (Å²) >= 11 is 2.96. The lowest BCUT2D eigenvalue weighted by Crippen LogP contribution is -1.92. The minimum atomic E-state index is -0.685. The zero-order valence-electron chi connectivity index (χ0n) is 6.90. The maximum atomic E-state index is 10.5. The molecule has 14 heavy (non-hydrogen) atoms. The molecule has 0 bridgehead atoms. The fourth-order valence-corrected chi connectivity index (χ4v) is 1.66. The van der Waals surface area contributed by atoms with E-state index in [-0.39, 0.29) is 16.6 Å². The fraction of sp³-hybridized carbons (Fsp3) is 0.125. The Balaban J connectivity index is 3.26. The smallest absolute Gasteiger partial charge is 0.324 e. The second-order valence-corrected chi connectivity index (χ2v) is 3.39. The summed E-state index contributed by atoms with van der Waals surface area (Å²) in [5.74, 6) is -0.436. The number of nitro groups is 1. The van der Waals surface area contributed by atoms with E-state index in [0.717, 1.165) is 0 Å². The van der Waals surface area contributed by atoms with Gasteiger partial charge in [-0.25, -0.2) is 0 Å². The number of nitro benzene ring substituents is 1. The van der Waals surface area contributed by atoms with Gasteiger partial charge in [-0.1, -0.05) is 0 Å². The molecule has 0 fully saturated rings. The van der Waals surface area contributed by atoms with Crippen LogP contribution in [0.25, 0.3) is 0 Å². The van der Waals surface area contributed by atoms with Gasteiger partial charge in [0.05, 0.1) is 21.9 Å². The van der Waals surface area contributed by atoms with Gasteiger partial charge in [0.25, 0.3) is 0 Å². The van der Waals surface area contributed by atoms with Crippen molar-refractivity contribution in [2.75, 3.05) is 0 Å². The highest BCUT2D eigenvalue weighted by atomic mass is 79.9. The molecule has 6 heteroatoms. The summed E-state index contributed by atoms with van der Waals surface area (Å²) in [6.45, 7) is 0. The van der Waals surface area contributed by atoms with E-state index in [2.05, 4.69) is 15.9 Å². The maximum Gasteiger partial charge on any atom is 0.324 e. The molecule has 1 N–H and O–H groups in total. The molecular formula is C8H5BrN2O3. The summed E-state index contributed by atoms with van der Waals surface area (Å²) in [5.41, 5.74) is 0.147. The molecule has 1 rings (SSSR count). The van der Waals surface area contributed by atoms with Crippen molar-refractivity contribution < 1.29 is 10.0 Å². The molecular weight excluding hydrogens is 252 g/mol. The van der Waals surface area contributed by atoms with Gasteiger partial charge in [0.15, 0.2) is 5.75 Å². The second-order valence-electron chi connectivity index (χ2n) is 2.54. The van der Waals surface area contributed by atoms with Crippen molar-refractivity contribution in [3.8, 4) is 11.8 Å². The van der Waals surface area contributed by atoms with Crippen molar-refractivity contribution in [3.63, 3.8) is 0 Å². The van der Waals surface area contributed by atoms with E-state index in [1.54, 1.807) is 0 Å². The third-order valence-electron chi connectivity index (χ3n) is 1.57. The number of nitrogens with zero attached hydrogens (tertiary/aromatic N) is 2. The quantitative estimate of drug-likeness (QED) is 0.649. The Morgan fingerprint density at radius 1 is 1.64 bits per heavy atom. The van der Waals surface area contributed by atoms with Crippen molar-refractivity contribution >= 4 is 21.6 Å². The molecule has 0 unspecified atom stereocenters. The lowest BCUT2D eigenvalue weighted by atomic mass is 10.1. The number of benzene rings is 1. The first-order valence-electron chi connectivity index (χ1n) is 3.59. The molecule has 0 aliphatic rings. The predicted octanol–water partition coefficient (Wildman–Crippen LogP) is 2.13. The first-order valence-corrected chi connectivity index (χ1v) is 4.38. The maximum absolute atomic E-state index is 10.5. The Bertz CT molecular complexity index is 402. The first-order chi connectivity index (χ1) is 6.56. The van der Waals surface area contributed by atoms with Crippen LogP contribution < -0.4 is 0 Å². The topological polar surface area (TPSA) is 87.2 Å². The Labute approximate surface area is 87.9 Å². The predicted molar refractivity (Wildman–Crippen MR) is 51.8 cm³/mol. The average molecular weight is 257 g/mol. The van der Waals surface area contributed by atoms with Gasteiger partial charge in [0.1, 0.15) is 0 Å². The lowest BCUT2D eigenvalue weighted by Gasteiger charge is -2.00. The molecule has 5 nitrogen and oxygen atoms in total. The molecule has 0 saturated heterocycles. The number of halogens is 1. The number of phenolic OH excluding ortho intramolecular Hbond substituents is 1. The van der Waals surface area contributed by atoms with Gasteiger partial charge in [-0.05, 0) is 33.6 Å². The van der Waals surface area contributed by atoms with E-state index in [1.165, 1.54) is 12.1 Å². The van der Waals surface area contributed by atoms with Crippen molar-refractivity contribution in [1.82, 2.24) is 0 Å². The van der Waals surface area contributed by atoms with E-state index in [9.17, 15) is 15.2 Å². The summed E-state index contributed by atoms with van der Waals surface area (Å²) in [5, 5.41) is 28.1. The van der Waals surface area contributed by atoms with Crippen molar-refractivity contribution in [2.24, 2.45) is 0 Å². The summed E-state index contributed by atoms with van der Waals surface area (Å²) in [6, 6.07) is 4.55. The van der Waals surface area contributed by atoms with Crippen LogP contribution in [0.4, 0.5) is 5.69 Å². The average Bonchev–Trinajstić information content (AvgIpc) is 2.01. The van der Waals surface area contributed by atoms with E-state index >= 15 is 0 Å². The number of hydrogen-bond acceptors (Lipinski definition) is 4. The van der Waals surface area contributed by atoms with Crippen LogP contribution in [-0.2, 0) is 6.42 Å². The molecule has 0 spiro atoms. The highest BCUT2D eigenvalue weighted by Gasteiger charge is 2.18. The van der Waals surface area contributed by atoms with Gasteiger partial charge in [0, 0.05) is 0 Å². The van der Waals surface area contributed by atoms with Crippen LogP contribution in [-0.4, -0.2) is 10.0 Å². The zero-order chi connectivity index (χ0) is 10.7. The fourth-order valence-electron chi connectivity index (χ4n) is 1.01. The van der Waals surface area contributed by atoms with E-state index in [1.807, 2.05) is 6.07 Å². The van der Waals surface area contributed by atoms with Crippen LogP contribution in [0.2, 0.25) is 0 Å². The third-order valence-corrected chi connectivity index (χ3v) is 2.17. The lowest BCUT2D eigenvalue weighted by molar-refractivity contribution is -0.386. The minimum absolute atomic E-state index is 0.101. The van der Waals surface area contributed by atoms with Crippen LogP contribution in [0.3, 0.4) is 0 Å². The van der Waals surface area contributed by atoms with E-state index in [4.69, 9.17) is 5.26 Å². The third kappa shape index (κ3) is 2.00. The van der Waals surface area contributed by atoms with Crippen LogP contribution in [0.15, 0.2) is 16.6 Å². The molecule has 0 radical (unpaired) electrons. The highest BCUT2D eigenvalue weighted by molar-refractivity contribution is 9.10. The van der Waals surface area contributed by atoms with Gasteiger partial charge < -0.3 is 5.11 Å². The molecule has 0 saturated carbocycles. The summed E-state index contributed by atoms with van der Waals surface area (Å²) in [7, 11) is 0. The SMILES string of the molecule is N#CCc1cc(O)c([N+](=O)[O-])c(Br)c1. The van der Waals surface area contributed by atoms with Gasteiger partial charge in [0.2, 0.25) is 0 Å². The van der Waals surface area contributed by atoms with Gasteiger partial charge in [-0.3, -0.25) is 10.1 Å². The van der Waals surface area contributed by atoms with Crippen molar-refractivity contribution in [1.29, 1.82) is 5.26 Å².